The summed E-state index contributed by atoms with van der Waals surface area (Å²) < 4.78 is 52.5. The summed E-state index contributed by atoms with van der Waals surface area (Å²) in [5.41, 5.74) is 3.51. The van der Waals surface area contributed by atoms with Crippen LogP contribution in [-0.2, 0) is 11.3 Å². The molecule has 2 N–H and O–H groups in total. The fourth-order valence-corrected chi connectivity index (χ4v) is 3.87. The molecule has 12 heteroatoms. The van der Waals surface area contributed by atoms with Gasteiger partial charge in [0.2, 0.25) is 0 Å². The maximum absolute atomic E-state index is 12.3. The van der Waals surface area contributed by atoms with Crippen LogP contribution in [0.4, 0.5) is 13.2 Å². The Balaban J connectivity index is 1.12. The highest BCUT2D eigenvalue weighted by Gasteiger charge is 2.32. The van der Waals surface area contributed by atoms with Gasteiger partial charge in [0.1, 0.15) is 18.1 Å². The maximum atomic E-state index is 12.3. The van der Waals surface area contributed by atoms with E-state index in [0.717, 1.165) is 47.0 Å². The Morgan fingerprint density at radius 3 is 2.59 bits per heavy atom. The lowest BCUT2D eigenvalue weighted by Crippen LogP contribution is -2.18. The Labute approximate surface area is 216 Å². The lowest BCUT2D eigenvalue weighted by Gasteiger charge is -2.12. The van der Waals surface area contributed by atoms with Crippen LogP contribution in [0.25, 0.3) is 22.0 Å². The Hall–Kier alpha value is -3.41. The number of aromatic nitrogens is 4. The highest BCUT2D eigenvalue weighted by molar-refractivity contribution is 6.32. The zero-order valence-electron chi connectivity index (χ0n) is 19.7. The highest BCUT2D eigenvalue weighted by Crippen LogP contribution is 2.32. The first-order valence-corrected chi connectivity index (χ1v) is 12.0. The molecule has 37 heavy (non-hydrogen) atoms. The van der Waals surface area contributed by atoms with Gasteiger partial charge in [0.05, 0.1) is 41.1 Å². The monoisotopic (exact) mass is 535 g/mol. The molecule has 4 rings (SSSR count). The Morgan fingerprint density at radius 2 is 1.81 bits per heavy atom. The molecule has 0 spiro atoms. The average Bonchev–Trinajstić information content (AvgIpc) is 3.35. The van der Waals surface area contributed by atoms with E-state index < -0.39 is 12.1 Å². The van der Waals surface area contributed by atoms with Crippen LogP contribution >= 0.6 is 11.6 Å². The highest BCUT2D eigenvalue weighted by atomic mass is 35.5. The largest absolute Gasteiger partial charge is 0.573 e. The standard InChI is InChI=1S/C25H25ClF3N5O3/c26-21-11-17(3-4-23(21)37-25(27,28)29)14-30-6-1-2-8-35-9-10-36-24-13-19(18-5-7-31-32-15-18)12-22-20(24)16-33-34-22/h3-5,7,11-13,15-16,30H,1-2,6,8-10,14H2,(H,33,34). The molecule has 0 aliphatic heterocycles. The van der Waals surface area contributed by atoms with Gasteiger partial charge in [-0.2, -0.15) is 15.3 Å². The van der Waals surface area contributed by atoms with E-state index in [1.54, 1.807) is 24.7 Å². The summed E-state index contributed by atoms with van der Waals surface area (Å²) in [6, 6.07) is 10.0. The van der Waals surface area contributed by atoms with Gasteiger partial charge in [-0.05, 0) is 60.8 Å². The van der Waals surface area contributed by atoms with E-state index in [-0.39, 0.29) is 5.02 Å². The van der Waals surface area contributed by atoms with Crippen molar-refractivity contribution in [1.29, 1.82) is 0 Å². The van der Waals surface area contributed by atoms with Crippen molar-refractivity contribution in [2.75, 3.05) is 26.4 Å². The van der Waals surface area contributed by atoms with Crippen molar-refractivity contribution in [2.24, 2.45) is 0 Å². The fourth-order valence-electron chi connectivity index (χ4n) is 3.63. The molecule has 0 atom stereocenters. The summed E-state index contributed by atoms with van der Waals surface area (Å²) in [6.07, 6.45) is 2.02. The number of ether oxygens (including phenoxy) is 3. The van der Waals surface area contributed by atoms with E-state index >= 15 is 0 Å². The second-order valence-corrected chi connectivity index (χ2v) is 8.50. The molecular weight excluding hydrogens is 511 g/mol. The van der Waals surface area contributed by atoms with Crippen molar-refractivity contribution in [3.8, 4) is 22.6 Å². The molecular formula is C25H25ClF3N5O3. The van der Waals surface area contributed by atoms with E-state index in [4.69, 9.17) is 21.1 Å². The number of hydrogen-bond donors (Lipinski definition) is 2. The number of rotatable bonds is 13. The molecule has 4 aromatic rings. The average molecular weight is 536 g/mol. The number of nitrogens with one attached hydrogen (secondary N) is 2. The maximum Gasteiger partial charge on any atom is 0.573 e. The minimum atomic E-state index is -4.77. The third-order valence-corrected chi connectivity index (χ3v) is 5.66. The van der Waals surface area contributed by atoms with Crippen molar-refractivity contribution < 1.29 is 27.4 Å². The van der Waals surface area contributed by atoms with Crippen LogP contribution in [0.1, 0.15) is 18.4 Å². The van der Waals surface area contributed by atoms with Crippen LogP contribution < -0.4 is 14.8 Å². The second-order valence-electron chi connectivity index (χ2n) is 8.09. The Bertz CT molecular complexity index is 1290. The van der Waals surface area contributed by atoms with Gasteiger partial charge in [-0.25, -0.2) is 0 Å². The van der Waals surface area contributed by atoms with Crippen molar-refractivity contribution in [2.45, 2.75) is 25.7 Å². The van der Waals surface area contributed by atoms with Gasteiger partial charge < -0.3 is 19.5 Å². The van der Waals surface area contributed by atoms with Crippen LogP contribution in [0.3, 0.4) is 0 Å². The molecule has 0 aliphatic carbocycles. The number of hydrogen-bond acceptors (Lipinski definition) is 7. The molecule has 2 aromatic carbocycles. The van der Waals surface area contributed by atoms with E-state index in [2.05, 4.69) is 30.4 Å². The molecule has 8 nitrogen and oxygen atoms in total. The smallest absolute Gasteiger partial charge is 0.490 e. The minimum Gasteiger partial charge on any atom is -0.490 e. The topological polar surface area (TPSA) is 94.2 Å². The number of fused-ring (bicyclic) bond motifs is 1. The van der Waals surface area contributed by atoms with E-state index in [1.165, 1.54) is 12.1 Å². The van der Waals surface area contributed by atoms with Crippen molar-refractivity contribution in [3.05, 3.63) is 65.6 Å². The molecule has 0 saturated carbocycles. The molecule has 196 valence electrons. The minimum absolute atomic E-state index is 0.0816. The van der Waals surface area contributed by atoms with E-state index in [1.807, 2.05) is 18.2 Å². The first-order chi connectivity index (χ1) is 17.9. The number of benzene rings is 2. The Morgan fingerprint density at radius 1 is 0.919 bits per heavy atom. The molecule has 0 amide bonds. The summed E-state index contributed by atoms with van der Waals surface area (Å²) in [5.74, 6) is 0.302. The lowest BCUT2D eigenvalue weighted by molar-refractivity contribution is -0.274. The summed E-state index contributed by atoms with van der Waals surface area (Å²) in [4.78, 5) is 0. The molecule has 0 radical (unpaired) electrons. The van der Waals surface area contributed by atoms with Crippen molar-refractivity contribution in [3.63, 3.8) is 0 Å². The van der Waals surface area contributed by atoms with Gasteiger partial charge in [0, 0.05) is 18.7 Å². The van der Waals surface area contributed by atoms with Gasteiger partial charge >= 0.3 is 6.36 Å². The van der Waals surface area contributed by atoms with Gasteiger partial charge in [-0.3, -0.25) is 5.10 Å². The van der Waals surface area contributed by atoms with E-state index in [9.17, 15) is 13.2 Å². The van der Waals surface area contributed by atoms with Crippen molar-refractivity contribution >= 4 is 22.5 Å². The van der Waals surface area contributed by atoms with Crippen LogP contribution in [0, 0.1) is 0 Å². The van der Waals surface area contributed by atoms with Crippen LogP contribution in [-0.4, -0.2) is 53.1 Å². The molecule has 2 heterocycles. The number of aromatic amines is 1. The van der Waals surface area contributed by atoms with E-state index in [0.29, 0.717) is 32.1 Å². The summed E-state index contributed by atoms with van der Waals surface area (Å²) >= 11 is 5.87. The fraction of sp³-hybridized carbons (Fsp3) is 0.320. The summed E-state index contributed by atoms with van der Waals surface area (Å²) in [5, 5.41) is 18.9. The second kappa shape index (κ2) is 12.7. The predicted octanol–water partition coefficient (Wildman–Crippen LogP) is 5.54. The summed E-state index contributed by atoms with van der Waals surface area (Å²) in [6.45, 7) is 2.64. The normalized spacial score (nSPS) is 11.7. The number of unbranched alkanes of at least 4 members (excludes halogenated alkanes) is 1. The van der Waals surface area contributed by atoms with Gasteiger partial charge in [-0.1, -0.05) is 17.7 Å². The SMILES string of the molecule is FC(F)(F)Oc1ccc(CNCCCCOCCOc2cc(-c3ccnnc3)cc3[nH]ncc23)cc1Cl. The number of nitrogens with zero attached hydrogens (tertiary/aromatic N) is 3. The van der Waals surface area contributed by atoms with Crippen LogP contribution in [0.15, 0.2) is 55.0 Å². The number of alkyl halides is 3. The Kier molecular flexibility index (Phi) is 9.15. The number of H-pyrrole nitrogens is 1. The number of halogens is 4. The predicted molar refractivity (Wildman–Crippen MR) is 133 cm³/mol. The quantitative estimate of drug-likeness (QED) is 0.217. The molecule has 0 fully saturated rings. The van der Waals surface area contributed by atoms with Gasteiger partial charge in [-0.15, -0.1) is 13.2 Å². The first kappa shape index (κ1) is 26.6. The zero-order chi connectivity index (χ0) is 26.1. The van der Waals surface area contributed by atoms with Crippen LogP contribution in [0.5, 0.6) is 11.5 Å². The molecule has 0 unspecified atom stereocenters. The van der Waals surface area contributed by atoms with Crippen molar-refractivity contribution in [1.82, 2.24) is 25.7 Å². The molecule has 0 saturated heterocycles. The molecule has 2 aromatic heterocycles. The van der Waals surface area contributed by atoms with Gasteiger partial charge in [0.15, 0.2) is 0 Å². The van der Waals surface area contributed by atoms with Crippen LogP contribution in [0.2, 0.25) is 5.02 Å². The summed E-state index contributed by atoms with van der Waals surface area (Å²) in [7, 11) is 0. The zero-order valence-corrected chi connectivity index (χ0v) is 20.5. The van der Waals surface area contributed by atoms with Gasteiger partial charge in [0.25, 0.3) is 0 Å². The molecule has 0 bridgehead atoms. The molecule has 0 aliphatic rings. The first-order valence-electron chi connectivity index (χ1n) is 11.6. The third kappa shape index (κ3) is 8.04. The lowest BCUT2D eigenvalue weighted by atomic mass is 10.1. The third-order valence-electron chi connectivity index (χ3n) is 5.37.